The second kappa shape index (κ2) is 8.42. The van der Waals surface area contributed by atoms with Gasteiger partial charge in [-0.15, -0.1) is 0 Å². The molecule has 1 aromatic carbocycles. The van der Waals surface area contributed by atoms with Crippen molar-refractivity contribution in [1.82, 2.24) is 9.88 Å². The predicted octanol–water partition coefficient (Wildman–Crippen LogP) is 1.71. The van der Waals surface area contributed by atoms with Crippen molar-refractivity contribution in [3.63, 3.8) is 0 Å². The third-order valence-electron chi connectivity index (χ3n) is 4.89. The summed E-state index contributed by atoms with van der Waals surface area (Å²) < 4.78 is 10.8. The summed E-state index contributed by atoms with van der Waals surface area (Å²) in [6.07, 6.45) is 3.07. The number of allylic oxidation sites excluding steroid dienone is 1. The third kappa shape index (κ3) is 3.67. The van der Waals surface area contributed by atoms with Crippen LogP contribution in [-0.2, 0) is 0 Å². The van der Waals surface area contributed by atoms with Gasteiger partial charge in [0.25, 0.3) is 0 Å². The van der Waals surface area contributed by atoms with E-state index in [2.05, 4.69) is 20.6 Å². The van der Waals surface area contributed by atoms with Crippen molar-refractivity contribution in [1.29, 1.82) is 0 Å². The first kappa shape index (κ1) is 19.7. The smallest absolute Gasteiger partial charge is 0.191 e. The number of methoxy groups -OCH3 is 2. The molecule has 0 saturated heterocycles. The van der Waals surface area contributed by atoms with Gasteiger partial charge >= 0.3 is 0 Å². The van der Waals surface area contributed by atoms with E-state index in [0.717, 1.165) is 17.1 Å². The minimum atomic E-state index is -0.172. The van der Waals surface area contributed by atoms with Crippen molar-refractivity contribution in [2.24, 2.45) is 4.99 Å². The number of nitrogens with zero attached hydrogens (tertiary/aromatic N) is 3. The van der Waals surface area contributed by atoms with E-state index < -0.39 is 0 Å². The zero-order chi connectivity index (χ0) is 21.1. The number of ether oxygens (including phenoxy) is 2. The fraction of sp³-hybridized carbons (Fsp3) is 0.286. The second-order valence-corrected chi connectivity index (χ2v) is 6.71. The molecule has 9 heteroatoms. The molecular formula is C21H23N5O4. The van der Waals surface area contributed by atoms with Crippen LogP contribution >= 0.6 is 0 Å². The summed E-state index contributed by atoms with van der Waals surface area (Å²) in [5.41, 5.74) is 2.16. The molecule has 3 heterocycles. The largest absolute Gasteiger partial charge is 0.493 e. The summed E-state index contributed by atoms with van der Waals surface area (Å²) in [6, 6.07) is 7.15. The van der Waals surface area contributed by atoms with Crippen LogP contribution in [0.5, 0.6) is 11.5 Å². The van der Waals surface area contributed by atoms with Crippen molar-refractivity contribution < 1.29 is 19.4 Å². The Morgan fingerprint density at radius 1 is 1.30 bits per heavy atom. The van der Waals surface area contributed by atoms with E-state index in [-0.39, 0.29) is 12.4 Å². The molecule has 156 valence electrons. The van der Waals surface area contributed by atoms with Gasteiger partial charge in [-0.05, 0) is 18.2 Å². The summed E-state index contributed by atoms with van der Waals surface area (Å²) in [5.74, 6) is 3.10. The summed E-state index contributed by atoms with van der Waals surface area (Å²) in [4.78, 5) is 23.6. The molecule has 4 rings (SSSR count). The molecule has 0 amide bonds. The third-order valence-corrected chi connectivity index (χ3v) is 4.89. The SMILES string of the molecule is COc1cc2c(cc1OC)C1=NCCN1/C(=C/C(=O)c1ccc(NCCO)nc1)N2. The van der Waals surface area contributed by atoms with Gasteiger partial charge in [-0.25, -0.2) is 4.98 Å². The van der Waals surface area contributed by atoms with E-state index in [1.165, 1.54) is 6.20 Å². The molecule has 2 aromatic rings. The van der Waals surface area contributed by atoms with Crippen LogP contribution in [0.15, 0.2) is 47.4 Å². The number of fused-ring (bicyclic) bond motifs is 3. The number of nitrogens with one attached hydrogen (secondary N) is 2. The van der Waals surface area contributed by atoms with Crippen LogP contribution in [0, 0.1) is 0 Å². The molecule has 0 bridgehead atoms. The number of ketones is 1. The Morgan fingerprint density at radius 3 is 2.80 bits per heavy atom. The van der Waals surface area contributed by atoms with Crippen LogP contribution in [0.3, 0.4) is 0 Å². The quantitative estimate of drug-likeness (QED) is 0.469. The Morgan fingerprint density at radius 2 is 2.10 bits per heavy atom. The van der Waals surface area contributed by atoms with Gasteiger partial charge in [0.2, 0.25) is 0 Å². The van der Waals surface area contributed by atoms with Crippen LogP contribution < -0.4 is 20.1 Å². The van der Waals surface area contributed by atoms with Gasteiger partial charge < -0.3 is 30.1 Å². The summed E-state index contributed by atoms with van der Waals surface area (Å²) in [5, 5.41) is 15.2. The number of pyridine rings is 1. The van der Waals surface area contributed by atoms with Crippen LogP contribution in [0.2, 0.25) is 0 Å². The first-order valence-electron chi connectivity index (χ1n) is 9.57. The molecule has 2 aliphatic heterocycles. The van der Waals surface area contributed by atoms with Gasteiger partial charge in [0.05, 0.1) is 33.1 Å². The van der Waals surface area contributed by atoms with E-state index in [0.29, 0.717) is 48.3 Å². The molecule has 9 nitrogen and oxygen atoms in total. The summed E-state index contributed by atoms with van der Waals surface area (Å²) in [6.45, 7) is 1.73. The lowest BCUT2D eigenvalue weighted by Crippen LogP contribution is -2.36. The number of benzene rings is 1. The Balaban J connectivity index is 1.63. The maximum Gasteiger partial charge on any atom is 0.191 e. The Kier molecular flexibility index (Phi) is 5.53. The van der Waals surface area contributed by atoms with Gasteiger partial charge in [0, 0.05) is 42.6 Å². The number of anilines is 2. The molecule has 30 heavy (non-hydrogen) atoms. The maximum atomic E-state index is 12.8. The average Bonchev–Trinajstić information content (AvgIpc) is 3.27. The van der Waals surface area contributed by atoms with Crippen molar-refractivity contribution in [2.45, 2.75) is 0 Å². The molecule has 0 radical (unpaired) electrons. The number of aromatic nitrogens is 1. The summed E-state index contributed by atoms with van der Waals surface area (Å²) in [7, 11) is 3.18. The fourth-order valence-corrected chi connectivity index (χ4v) is 3.43. The van der Waals surface area contributed by atoms with E-state index in [1.54, 1.807) is 32.4 Å². The van der Waals surface area contributed by atoms with E-state index in [9.17, 15) is 4.79 Å². The lowest BCUT2D eigenvalue weighted by Gasteiger charge is -2.31. The Labute approximate surface area is 174 Å². The van der Waals surface area contributed by atoms with Gasteiger partial charge in [0.1, 0.15) is 17.5 Å². The zero-order valence-electron chi connectivity index (χ0n) is 16.8. The van der Waals surface area contributed by atoms with E-state index in [1.807, 2.05) is 17.0 Å². The molecule has 0 spiro atoms. The van der Waals surface area contributed by atoms with Crippen LogP contribution in [0.4, 0.5) is 11.5 Å². The highest BCUT2D eigenvalue weighted by molar-refractivity contribution is 6.10. The van der Waals surface area contributed by atoms with Crippen molar-refractivity contribution in [3.8, 4) is 11.5 Å². The van der Waals surface area contributed by atoms with Gasteiger partial charge in [-0.2, -0.15) is 0 Å². The number of hydrogen-bond acceptors (Lipinski definition) is 9. The number of carbonyl (C=O) groups excluding carboxylic acids is 1. The normalized spacial score (nSPS) is 15.8. The number of amidine groups is 1. The lowest BCUT2D eigenvalue weighted by molar-refractivity contribution is 0.104. The number of rotatable bonds is 7. The molecule has 0 saturated carbocycles. The lowest BCUT2D eigenvalue weighted by atomic mass is 10.1. The topological polar surface area (TPSA) is 108 Å². The highest BCUT2D eigenvalue weighted by Gasteiger charge is 2.31. The van der Waals surface area contributed by atoms with Crippen LogP contribution in [0.25, 0.3) is 0 Å². The number of aliphatic hydroxyl groups excluding tert-OH is 1. The molecule has 0 atom stereocenters. The monoisotopic (exact) mass is 409 g/mol. The molecule has 0 fully saturated rings. The highest BCUT2D eigenvalue weighted by Crippen LogP contribution is 2.38. The average molecular weight is 409 g/mol. The predicted molar refractivity (Wildman–Crippen MR) is 114 cm³/mol. The van der Waals surface area contributed by atoms with Crippen molar-refractivity contribution >= 4 is 23.1 Å². The maximum absolute atomic E-state index is 12.8. The Bertz CT molecular complexity index is 1020. The van der Waals surface area contributed by atoms with Crippen molar-refractivity contribution in [2.75, 3.05) is 51.1 Å². The summed E-state index contributed by atoms with van der Waals surface area (Å²) >= 11 is 0. The minimum Gasteiger partial charge on any atom is -0.493 e. The standard InChI is InChI=1S/C21H23N5O4/c1-29-17-9-14-15(10-18(17)30-2)25-20(26-7-5-23-21(14)26)11-16(28)13-3-4-19(24-12-13)22-6-8-27/h3-4,9-12,25,27H,5-8H2,1-2H3,(H,22,24)/b20-11+. The first-order valence-corrected chi connectivity index (χ1v) is 9.57. The fourth-order valence-electron chi connectivity index (χ4n) is 3.43. The molecule has 3 N–H and O–H groups in total. The van der Waals surface area contributed by atoms with Gasteiger partial charge in [-0.1, -0.05) is 0 Å². The number of carbonyl (C=O) groups is 1. The zero-order valence-corrected chi connectivity index (χ0v) is 16.8. The molecule has 1 aromatic heterocycles. The molecule has 0 aliphatic carbocycles. The number of aliphatic imine (C=N–C) groups is 1. The van der Waals surface area contributed by atoms with Crippen molar-refractivity contribution in [3.05, 3.63) is 53.5 Å². The number of aliphatic hydroxyl groups is 1. The molecular weight excluding hydrogens is 386 g/mol. The number of hydrogen-bond donors (Lipinski definition) is 3. The molecule has 2 aliphatic rings. The minimum absolute atomic E-state index is 0.0119. The first-order chi connectivity index (χ1) is 14.6. The van der Waals surface area contributed by atoms with Gasteiger partial charge in [-0.3, -0.25) is 9.79 Å². The van der Waals surface area contributed by atoms with E-state index in [4.69, 9.17) is 14.6 Å². The second-order valence-electron chi connectivity index (χ2n) is 6.71. The van der Waals surface area contributed by atoms with Gasteiger partial charge in [0.15, 0.2) is 17.3 Å². The Hall–Kier alpha value is -3.59. The highest BCUT2D eigenvalue weighted by atomic mass is 16.5. The van der Waals surface area contributed by atoms with Crippen LogP contribution in [0.1, 0.15) is 15.9 Å². The van der Waals surface area contributed by atoms with Crippen LogP contribution in [-0.4, -0.2) is 67.1 Å². The van der Waals surface area contributed by atoms with E-state index >= 15 is 0 Å². The molecule has 0 unspecified atom stereocenters.